The van der Waals surface area contributed by atoms with Gasteiger partial charge in [0, 0.05) is 32.9 Å². The number of benzene rings is 1. The van der Waals surface area contributed by atoms with Crippen LogP contribution in [0.15, 0.2) is 28.8 Å². The van der Waals surface area contributed by atoms with E-state index in [0.29, 0.717) is 31.0 Å². The number of aromatic nitrogens is 4. The lowest BCUT2D eigenvalue weighted by molar-refractivity contribution is -0.130. The van der Waals surface area contributed by atoms with Crippen LogP contribution in [0.1, 0.15) is 36.8 Å². The van der Waals surface area contributed by atoms with Gasteiger partial charge in [-0.25, -0.2) is 4.98 Å². The van der Waals surface area contributed by atoms with E-state index in [1.54, 1.807) is 11.8 Å². The predicted molar refractivity (Wildman–Crippen MR) is 94.0 cm³/mol. The summed E-state index contributed by atoms with van der Waals surface area (Å²) in [5.74, 6) is 2.33. The van der Waals surface area contributed by atoms with Crippen molar-refractivity contribution in [1.29, 1.82) is 0 Å². The van der Waals surface area contributed by atoms with Gasteiger partial charge in [-0.15, -0.1) is 0 Å². The van der Waals surface area contributed by atoms with E-state index < -0.39 is 0 Å². The van der Waals surface area contributed by atoms with Gasteiger partial charge < -0.3 is 14.4 Å². The van der Waals surface area contributed by atoms with Crippen molar-refractivity contribution in [2.75, 3.05) is 13.6 Å². The van der Waals surface area contributed by atoms with Crippen molar-refractivity contribution in [3.63, 3.8) is 0 Å². The highest BCUT2D eigenvalue weighted by atomic mass is 16.5. The number of amides is 1. The Bertz CT molecular complexity index is 806. The third-order valence-corrected chi connectivity index (χ3v) is 4.12. The molecule has 7 heteroatoms. The van der Waals surface area contributed by atoms with E-state index in [2.05, 4.69) is 20.1 Å². The monoisotopic (exact) mass is 341 g/mol. The Labute approximate surface area is 146 Å². The van der Waals surface area contributed by atoms with Gasteiger partial charge in [-0.2, -0.15) is 4.98 Å². The van der Waals surface area contributed by atoms with Gasteiger partial charge in [0.1, 0.15) is 5.82 Å². The van der Waals surface area contributed by atoms with E-state index in [1.807, 2.05) is 31.3 Å². The number of nitrogens with one attached hydrogen (secondary N) is 1. The standard InChI is InChI=1S/C18H23N5O2/c1-13-19-17(25-22-13)10-5-11-18(24)23(2)12-6-9-16-20-14-7-3-4-8-15(14)21-16/h3-4,7-8H,5-6,9-12H2,1-2H3,(H,20,21). The lowest BCUT2D eigenvalue weighted by Crippen LogP contribution is -2.27. The van der Waals surface area contributed by atoms with Crippen molar-refractivity contribution in [2.24, 2.45) is 0 Å². The van der Waals surface area contributed by atoms with Gasteiger partial charge in [0.2, 0.25) is 11.8 Å². The van der Waals surface area contributed by atoms with Crippen LogP contribution in [-0.2, 0) is 17.6 Å². The van der Waals surface area contributed by atoms with E-state index >= 15 is 0 Å². The Hall–Kier alpha value is -2.70. The summed E-state index contributed by atoms with van der Waals surface area (Å²) in [5, 5.41) is 3.74. The number of nitrogens with zero attached hydrogens (tertiary/aromatic N) is 4. The van der Waals surface area contributed by atoms with Gasteiger partial charge in [0.15, 0.2) is 5.82 Å². The fourth-order valence-corrected chi connectivity index (χ4v) is 2.76. The summed E-state index contributed by atoms with van der Waals surface area (Å²) < 4.78 is 5.05. The molecule has 0 saturated heterocycles. The third kappa shape index (κ3) is 4.65. The van der Waals surface area contributed by atoms with E-state index in [1.165, 1.54) is 0 Å². The Morgan fingerprint density at radius 2 is 2.04 bits per heavy atom. The Morgan fingerprint density at radius 1 is 1.20 bits per heavy atom. The number of hydrogen-bond acceptors (Lipinski definition) is 5. The van der Waals surface area contributed by atoms with Crippen LogP contribution in [0.2, 0.25) is 0 Å². The zero-order chi connectivity index (χ0) is 17.6. The lowest BCUT2D eigenvalue weighted by atomic mass is 10.2. The number of carbonyl (C=O) groups excluding carboxylic acids is 1. The van der Waals surface area contributed by atoms with E-state index in [0.717, 1.165) is 36.2 Å². The fraction of sp³-hybridized carbons (Fsp3) is 0.444. The molecule has 0 saturated carbocycles. The van der Waals surface area contributed by atoms with Crippen LogP contribution in [0, 0.1) is 6.92 Å². The van der Waals surface area contributed by atoms with E-state index in [4.69, 9.17) is 4.52 Å². The summed E-state index contributed by atoms with van der Waals surface area (Å²) >= 11 is 0. The number of rotatable bonds is 8. The van der Waals surface area contributed by atoms with Crippen LogP contribution < -0.4 is 0 Å². The molecule has 3 aromatic rings. The van der Waals surface area contributed by atoms with Gasteiger partial charge in [-0.1, -0.05) is 17.3 Å². The number of para-hydroxylation sites is 2. The quantitative estimate of drug-likeness (QED) is 0.680. The second-order valence-corrected chi connectivity index (χ2v) is 6.21. The Morgan fingerprint density at radius 3 is 2.80 bits per heavy atom. The zero-order valence-corrected chi connectivity index (χ0v) is 14.7. The molecule has 0 radical (unpaired) electrons. The van der Waals surface area contributed by atoms with Crippen LogP contribution in [0.25, 0.3) is 11.0 Å². The van der Waals surface area contributed by atoms with Gasteiger partial charge >= 0.3 is 0 Å². The molecule has 25 heavy (non-hydrogen) atoms. The zero-order valence-electron chi connectivity index (χ0n) is 14.7. The molecule has 7 nitrogen and oxygen atoms in total. The maximum absolute atomic E-state index is 12.2. The van der Waals surface area contributed by atoms with E-state index in [-0.39, 0.29) is 5.91 Å². The number of fused-ring (bicyclic) bond motifs is 1. The second-order valence-electron chi connectivity index (χ2n) is 6.21. The molecule has 2 heterocycles. The average molecular weight is 341 g/mol. The van der Waals surface area contributed by atoms with Crippen molar-refractivity contribution in [3.05, 3.63) is 41.8 Å². The highest BCUT2D eigenvalue weighted by Crippen LogP contribution is 2.11. The predicted octanol–water partition coefficient (Wildman–Crippen LogP) is 2.67. The maximum Gasteiger partial charge on any atom is 0.226 e. The SMILES string of the molecule is Cc1noc(CCCC(=O)N(C)CCCc2nc3ccccc3[nH]2)n1. The maximum atomic E-state index is 12.2. The molecule has 1 aromatic carbocycles. The highest BCUT2D eigenvalue weighted by Gasteiger charge is 2.10. The number of hydrogen-bond donors (Lipinski definition) is 1. The second kappa shape index (κ2) is 7.92. The first-order chi connectivity index (χ1) is 12.1. The van der Waals surface area contributed by atoms with Gasteiger partial charge in [0.05, 0.1) is 11.0 Å². The van der Waals surface area contributed by atoms with Crippen LogP contribution in [-0.4, -0.2) is 44.5 Å². The number of imidazole rings is 1. The largest absolute Gasteiger partial charge is 0.346 e. The molecule has 3 rings (SSSR count). The molecule has 132 valence electrons. The van der Waals surface area contributed by atoms with Crippen molar-refractivity contribution in [2.45, 2.75) is 39.0 Å². The molecule has 1 amide bonds. The molecule has 0 aliphatic heterocycles. The molecule has 0 aliphatic rings. The molecule has 2 aromatic heterocycles. The summed E-state index contributed by atoms with van der Waals surface area (Å²) in [6.45, 7) is 2.50. The molecule has 0 aliphatic carbocycles. The van der Waals surface area contributed by atoms with Crippen molar-refractivity contribution in [3.8, 4) is 0 Å². The van der Waals surface area contributed by atoms with Crippen molar-refractivity contribution < 1.29 is 9.32 Å². The smallest absolute Gasteiger partial charge is 0.226 e. The summed E-state index contributed by atoms with van der Waals surface area (Å²) in [5.41, 5.74) is 2.04. The molecule has 0 unspecified atom stereocenters. The number of H-pyrrole nitrogens is 1. The van der Waals surface area contributed by atoms with Crippen molar-refractivity contribution in [1.82, 2.24) is 25.0 Å². The van der Waals surface area contributed by atoms with Crippen LogP contribution in [0.5, 0.6) is 0 Å². The Balaban J connectivity index is 1.37. The summed E-state index contributed by atoms with van der Waals surface area (Å²) in [4.78, 5) is 25.9. The Kier molecular flexibility index (Phi) is 5.42. The summed E-state index contributed by atoms with van der Waals surface area (Å²) in [7, 11) is 1.85. The van der Waals surface area contributed by atoms with Crippen LogP contribution in [0.4, 0.5) is 0 Å². The fourth-order valence-electron chi connectivity index (χ4n) is 2.76. The normalized spacial score (nSPS) is 11.1. The number of carbonyl (C=O) groups is 1. The topological polar surface area (TPSA) is 87.9 Å². The average Bonchev–Trinajstić information content (AvgIpc) is 3.20. The van der Waals surface area contributed by atoms with Crippen molar-refractivity contribution >= 4 is 16.9 Å². The minimum atomic E-state index is 0.140. The summed E-state index contributed by atoms with van der Waals surface area (Å²) in [6, 6.07) is 7.99. The molecule has 0 spiro atoms. The van der Waals surface area contributed by atoms with Gasteiger partial charge in [-0.3, -0.25) is 4.79 Å². The van der Waals surface area contributed by atoms with Gasteiger partial charge in [0.25, 0.3) is 0 Å². The first-order valence-corrected chi connectivity index (χ1v) is 8.58. The highest BCUT2D eigenvalue weighted by molar-refractivity contribution is 5.76. The van der Waals surface area contributed by atoms with Crippen LogP contribution >= 0.6 is 0 Å². The van der Waals surface area contributed by atoms with Crippen LogP contribution in [0.3, 0.4) is 0 Å². The molecular weight excluding hydrogens is 318 g/mol. The molecule has 0 atom stereocenters. The minimum absolute atomic E-state index is 0.140. The summed E-state index contributed by atoms with van der Waals surface area (Å²) in [6.07, 6.45) is 3.55. The molecule has 0 bridgehead atoms. The molecule has 1 N–H and O–H groups in total. The first-order valence-electron chi connectivity index (χ1n) is 8.58. The number of aromatic amines is 1. The third-order valence-electron chi connectivity index (χ3n) is 4.12. The first kappa shape index (κ1) is 17.1. The minimum Gasteiger partial charge on any atom is -0.346 e. The number of aryl methyl sites for hydroxylation is 3. The lowest BCUT2D eigenvalue weighted by Gasteiger charge is -2.16. The molecular formula is C18H23N5O2. The molecule has 0 fully saturated rings. The van der Waals surface area contributed by atoms with Gasteiger partial charge in [-0.05, 0) is 31.9 Å². The van der Waals surface area contributed by atoms with E-state index in [9.17, 15) is 4.79 Å².